The average molecular weight is 263 g/mol. The molecule has 1 nitrogen and oxygen atoms in total. The summed E-state index contributed by atoms with van der Waals surface area (Å²) in [5.41, 5.74) is 4.44. The maximum atomic E-state index is 13.7. The van der Waals surface area contributed by atoms with E-state index in [1.165, 1.54) is 12.1 Å². The minimum atomic E-state index is -4.68. The van der Waals surface area contributed by atoms with Gasteiger partial charge in [-0.1, -0.05) is 38.3 Å². The average Bonchev–Trinajstić information content (AvgIpc) is 2.28. The molecule has 1 unspecified atom stereocenters. The van der Waals surface area contributed by atoms with Gasteiger partial charge in [0.15, 0.2) is 0 Å². The summed E-state index contributed by atoms with van der Waals surface area (Å²) in [4.78, 5) is 0. The number of alkyl halides is 3. The van der Waals surface area contributed by atoms with Gasteiger partial charge < -0.3 is 5.73 Å². The van der Waals surface area contributed by atoms with Gasteiger partial charge in [-0.15, -0.1) is 0 Å². The molecule has 0 spiro atoms. The Hall–Kier alpha value is -1.10. The van der Waals surface area contributed by atoms with Crippen LogP contribution in [-0.2, 0) is 6.18 Å². The molecule has 0 fully saturated rings. The Labute approximate surface area is 104 Å². The van der Waals surface area contributed by atoms with Gasteiger partial charge >= 0.3 is 6.18 Å². The molecule has 18 heavy (non-hydrogen) atoms. The Morgan fingerprint density at radius 2 is 1.89 bits per heavy atom. The van der Waals surface area contributed by atoms with E-state index in [4.69, 9.17) is 5.73 Å². The van der Waals surface area contributed by atoms with Crippen LogP contribution in [0.15, 0.2) is 18.2 Å². The topological polar surface area (TPSA) is 26.0 Å². The second-order valence-electron chi connectivity index (χ2n) is 4.31. The largest absolute Gasteiger partial charge is 0.419 e. The first-order chi connectivity index (χ1) is 8.38. The highest BCUT2D eigenvalue weighted by Gasteiger charge is 2.35. The number of unbranched alkanes of at least 4 members (excludes halogenated alkanes) is 2. The number of halogens is 4. The molecule has 0 aliphatic rings. The van der Waals surface area contributed by atoms with Crippen LogP contribution in [0.1, 0.15) is 49.8 Å². The summed E-state index contributed by atoms with van der Waals surface area (Å²) in [5.74, 6) is -1.24. The first-order valence-corrected chi connectivity index (χ1v) is 5.99. The summed E-state index contributed by atoms with van der Waals surface area (Å²) in [6.07, 6.45) is -1.48. The standard InChI is InChI=1S/C13H17F4N/c1-2-3-4-8-11(18)9-6-5-7-10(12(9)14)13(15,16)17/h5-7,11H,2-4,8,18H2,1H3. The van der Waals surface area contributed by atoms with Gasteiger partial charge in [0.25, 0.3) is 0 Å². The normalized spacial score (nSPS) is 13.7. The highest BCUT2D eigenvalue weighted by atomic mass is 19.4. The van der Waals surface area contributed by atoms with E-state index in [0.717, 1.165) is 25.3 Å². The van der Waals surface area contributed by atoms with Crippen LogP contribution in [0.4, 0.5) is 17.6 Å². The number of rotatable bonds is 5. The zero-order valence-electron chi connectivity index (χ0n) is 10.2. The van der Waals surface area contributed by atoms with E-state index in [0.29, 0.717) is 6.42 Å². The van der Waals surface area contributed by atoms with Crippen molar-refractivity contribution < 1.29 is 17.6 Å². The Balaban J connectivity index is 2.90. The fourth-order valence-corrected chi connectivity index (χ4v) is 1.82. The van der Waals surface area contributed by atoms with Gasteiger partial charge in [-0.25, -0.2) is 4.39 Å². The lowest BCUT2D eigenvalue weighted by molar-refractivity contribution is -0.140. The molecular formula is C13H17F4N. The summed E-state index contributed by atoms with van der Waals surface area (Å²) in [6, 6.07) is 2.57. The van der Waals surface area contributed by atoms with Crippen LogP contribution < -0.4 is 5.73 Å². The third kappa shape index (κ3) is 3.70. The molecule has 0 radical (unpaired) electrons. The first kappa shape index (κ1) is 15.0. The van der Waals surface area contributed by atoms with Crippen LogP contribution in [0, 0.1) is 5.82 Å². The second-order valence-corrected chi connectivity index (χ2v) is 4.31. The molecular weight excluding hydrogens is 246 g/mol. The molecule has 0 aromatic heterocycles. The van der Waals surface area contributed by atoms with Crippen molar-refractivity contribution in [2.75, 3.05) is 0 Å². The summed E-state index contributed by atoms with van der Waals surface area (Å²) >= 11 is 0. The fourth-order valence-electron chi connectivity index (χ4n) is 1.82. The van der Waals surface area contributed by atoms with Crippen LogP contribution >= 0.6 is 0 Å². The smallest absolute Gasteiger partial charge is 0.324 e. The molecule has 102 valence electrons. The van der Waals surface area contributed by atoms with E-state index in [1.54, 1.807) is 0 Å². The molecule has 0 aliphatic heterocycles. The maximum Gasteiger partial charge on any atom is 0.419 e. The molecule has 1 atom stereocenters. The second kappa shape index (κ2) is 6.18. The first-order valence-electron chi connectivity index (χ1n) is 5.99. The number of hydrogen-bond donors (Lipinski definition) is 1. The quantitative estimate of drug-likeness (QED) is 0.617. The molecule has 0 amide bonds. The molecule has 1 aromatic rings. The van der Waals surface area contributed by atoms with Crippen molar-refractivity contribution in [3.63, 3.8) is 0 Å². The third-order valence-electron chi connectivity index (χ3n) is 2.85. The zero-order valence-corrected chi connectivity index (χ0v) is 10.2. The van der Waals surface area contributed by atoms with Crippen LogP contribution in [-0.4, -0.2) is 0 Å². The van der Waals surface area contributed by atoms with Crippen molar-refractivity contribution in [3.8, 4) is 0 Å². The Morgan fingerprint density at radius 3 is 2.44 bits per heavy atom. The fraction of sp³-hybridized carbons (Fsp3) is 0.538. The van der Waals surface area contributed by atoms with Gasteiger partial charge in [0.05, 0.1) is 5.56 Å². The molecule has 0 saturated carbocycles. The Morgan fingerprint density at radius 1 is 1.22 bits per heavy atom. The van der Waals surface area contributed by atoms with Gasteiger partial charge in [-0.05, 0) is 12.5 Å². The summed E-state index contributed by atoms with van der Waals surface area (Å²) in [5, 5.41) is 0. The van der Waals surface area contributed by atoms with Crippen LogP contribution in [0.3, 0.4) is 0 Å². The summed E-state index contributed by atoms with van der Waals surface area (Å²) in [6.45, 7) is 2.01. The third-order valence-corrected chi connectivity index (χ3v) is 2.85. The summed E-state index contributed by atoms with van der Waals surface area (Å²) in [7, 11) is 0. The number of hydrogen-bond acceptors (Lipinski definition) is 1. The number of benzene rings is 1. The zero-order chi connectivity index (χ0) is 13.8. The predicted octanol–water partition coefficient (Wildman–Crippen LogP) is 4.42. The van der Waals surface area contributed by atoms with Crippen LogP contribution in [0.5, 0.6) is 0 Å². The van der Waals surface area contributed by atoms with E-state index in [2.05, 4.69) is 0 Å². The molecule has 0 saturated heterocycles. The molecule has 0 heterocycles. The maximum absolute atomic E-state index is 13.7. The van der Waals surface area contributed by atoms with Crippen LogP contribution in [0.25, 0.3) is 0 Å². The molecule has 0 aliphatic carbocycles. The SMILES string of the molecule is CCCCCC(N)c1cccc(C(F)(F)F)c1F. The molecule has 0 bridgehead atoms. The van der Waals surface area contributed by atoms with Gasteiger partial charge in [0.1, 0.15) is 5.82 Å². The molecule has 2 N–H and O–H groups in total. The van der Waals surface area contributed by atoms with E-state index >= 15 is 0 Å². The van der Waals surface area contributed by atoms with Crippen molar-refractivity contribution in [2.24, 2.45) is 5.73 Å². The Kier molecular flexibility index (Phi) is 5.14. The lowest BCUT2D eigenvalue weighted by atomic mass is 9.98. The van der Waals surface area contributed by atoms with Crippen molar-refractivity contribution in [1.82, 2.24) is 0 Å². The lowest BCUT2D eigenvalue weighted by Crippen LogP contribution is -2.16. The van der Waals surface area contributed by atoms with E-state index in [-0.39, 0.29) is 5.56 Å². The van der Waals surface area contributed by atoms with Gasteiger partial charge in [-0.3, -0.25) is 0 Å². The lowest BCUT2D eigenvalue weighted by Gasteiger charge is -2.16. The molecule has 1 rings (SSSR count). The van der Waals surface area contributed by atoms with Crippen molar-refractivity contribution in [1.29, 1.82) is 0 Å². The van der Waals surface area contributed by atoms with E-state index < -0.39 is 23.6 Å². The summed E-state index contributed by atoms with van der Waals surface area (Å²) < 4.78 is 51.3. The highest BCUT2D eigenvalue weighted by molar-refractivity contribution is 5.30. The van der Waals surface area contributed by atoms with Gasteiger partial charge in [-0.2, -0.15) is 13.2 Å². The Bertz CT molecular complexity index is 387. The van der Waals surface area contributed by atoms with E-state index in [9.17, 15) is 17.6 Å². The highest BCUT2D eigenvalue weighted by Crippen LogP contribution is 2.34. The minimum Gasteiger partial charge on any atom is -0.324 e. The van der Waals surface area contributed by atoms with Crippen molar-refractivity contribution in [2.45, 2.75) is 44.8 Å². The number of nitrogens with two attached hydrogens (primary N) is 1. The van der Waals surface area contributed by atoms with Gasteiger partial charge in [0.2, 0.25) is 0 Å². The van der Waals surface area contributed by atoms with Crippen molar-refractivity contribution in [3.05, 3.63) is 35.1 Å². The monoisotopic (exact) mass is 263 g/mol. The predicted molar refractivity (Wildman–Crippen MR) is 62.5 cm³/mol. The minimum absolute atomic E-state index is 0.0547. The molecule has 5 heteroatoms. The van der Waals surface area contributed by atoms with E-state index in [1.807, 2.05) is 6.92 Å². The molecule has 1 aromatic carbocycles. The van der Waals surface area contributed by atoms with Gasteiger partial charge in [0, 0.05) is 11.6 Å². The van der Waals surface area contributed by atoms with Crippen molar-refractivity contribution >= 4 is 0 Å². The van der Waals surface area contributed by atoms with Crippen LogP contribution in [0.2, 0.25) is 0 Å².